The number of carbonyl (C=O) groups is 2. The standard InChI is InChI=1S/C28H25NO8/c1-3-34-19-7-5-6-17(12-19)26(31)24-25(16-8-10-20(30)22(13-16)35-4-2)29(28(33)27(24)32)18-9-11-21-23(14-18)37-15-36-21/h5-14,25,30-31H,3-4,15H2,1-2H3/b26-24+. The van der Waals surface area contributed by atoms with Crippen LogP contribution in [0.1, 0.15) is 31.0 Å². The van der Waals surface area contributed by atoms with Crippen LogP contribution in [0.4, 0.5) is 5.69 Å². The SMILES string of the molecule is CCOc1cccc(/C(O)=C2\C(=O)C(=O)N(c3ccc4c(c3)OCO4)C2c2ccc(O)c(OCC)c2)c1. The molecule has 1 atom stereocenters. The molecule has 2 aliphatic heterocycles. The van der Waals surface area contributed by atoms with Crippen LogP contribution in [-0.2, 0) is 9.59 Å². The van der Waals surface area contributed by atoms with Crippen LogP contribution >= 0.6 is 0 Å². The van der Waals surface area contributed by atoms with Crippen LogP contribution in [0.25, 0.3) is 5.76 Å². The molecule has 0 bridgehead atoms. The lowest BCUT2D eigenvalue weighted by molar-refractivity contribution is -0.132. The molecule has 0 spiro atoms. The normalized spacial score (nSPS) is 17.8. The summed E-state index contributed by atoms with van der Waals surface area (Å²) < 4.78 is 21.9. The number of hydrogen-bond acceptors (Lipinski definition) is 8. The summed E-state index contributed by atoms with van der Waals surface area (Å²) in [6, 6.07) is 15.1. The van der Waals surface area contributed by atoms with Crippen molar-refractivity contribution in [1.29, 1.82) is 0 Å². The molecule has 1 fully saturated rings. The van der Waals surface area contributed by atoms with E-state index in [-0.39, 0.29) is 29.6 Å². The Kier molecular flexibility index (Phi) is 6.35. The minimum Gasteiger partial charge on any atom is -0.507 e. The number of phenolic OH excluding ortho intramolecular Hbond substituents is 1. The van der Waals surface area contributed by atoms with Crippen LogP contribution in [0, 0.1) is 0 Å². The van der Waals surface area contributed by atoms with Gasteiger partial charge in [0.15, 0.2) is 23.0 Å². The van der Waals surface area contributed by atoms with Gasteiger partial charge in [-0.25, -0.2) is 0 Å². The predicted molar refractivity (Wildman–Crippen MR) is 134 cm³/mol. The maximum absolute atomic E-state index is 13.4. The van der Waals surface area contributed by atoms with E-state index in [1.807, 2.05) is 6.92 Å². The minimum absolute atomic E-state index is 0.0485. The van der Waals surface area contributed by atoms with Gasteiger partial charge in [-0.1, -0.05) is 18.2 Å². The molecule has 0 radical (unpaired) electrons. The first kappa shape index (κ1) is 24.1. The summed E-state index contributed by atoms with van der Waals surface area (Å²) in [5.74, 6) is -0.457. The number of carbonyl (C=O) groups excluding carboxylic acids is 2. The van der Waals surface area contributed by atoms with E-state index in [1.54, 1.807) is 61.5 Å². The molecule has 0 aromatic heterocycles. The van der Waals surface area contributed by atoms with Gasteiger partial charge in [-0.3, -0.25) is 14.5 Å². The third kappa shape index (κ3) is 4.29. The zero-order chi connectivity index (χ0) is 26.1. The third-order valence-corrected chi connectivity index (χ3v) is 6.10. The summed E-state index contributed by atoms with van der Waals surface area (Å²) in [5.41, 5.74) is 1.05. The van der Waals surface area contributed by atoms with Gasteiger partial charge in [0.05, 0.1) is 24.8 Å². The van der Waals surface area contributed by atoms with Gasteiger partial charge in [0.25, 0.3) is 11.7 Å². The van der Waals surface area contributed by atoms with E-state index in [2.05, 4.69) is 0 Å². The van der Waals surface area contributed by atoms with E-state index in [9.17, 15) is 19.8 Å². The molecule has 9 nitrogen and oxygen atoms in total. The molecule has 2 aliphatic rings. The first-order valence-corrected chi connectivity index (χ1v) is 11.8. The number of aliphatic hydroxyl groups excluding tert-OH is 1. The summed E-state index contributed by atoms with van der Waals surface area (Å²) in [7, 11) is 0. The van der Waals surface area contributed by atoms with Crippen LogP contribution in [0.15, 0.2) is 66.2 Å². The number of fused-ring (bicyclic) bond motifs is 1. The fourth-order valence-electron chi connectivity index (χ4n) is 4.48. The molecule has 2 N–H and O–H groups in total. The zero-order valence-corrected chi connectivity index (χ0v) is 20.3. The van der Waals surface area contributed by atoms with Crippen molar-refractivity contribution in [3.05, 3.63) is 77.4 Å². The van der Waals surface area contributed by atoms with E-state index in [4.69, 9.17) is 18.9 Å². The molecule has 0 aliphatic carbocycles. The molecule has 9 heteroatoms. The van der Waals surface area contributed by atoms with E-state index in [1.165, 1.54) is 11.0 Å². The molecule has 190 valence electrons. The van der Waals surface area contributed by atoms with Gasteiger partial charge in [0.1, 0.15) is 11.5 Å². The van der Waals surface area contributed by atoms with Crippen LogP contribution in [0.2, 0.25) is 0 Å². The van der Waals surface area contributed by atoms with Crippen molar-refractivity contribution >= 4 is 23.1 Å². The van der Waals surface area contributed by atoms with Crippen molar-refractivity contribution in [3.63, 3.8) is 0 Å². The highest BCUT2D eigenvalue weighted by Gasteiger charge is 2.47. The molecule has 0 saturated carbocycles. The Morgan fingerprint density at radius 2 is 1.76 bits per heavy atom. The van der Waals surface area contributed by atoms with Crippen molar-refractivity contribution in [2.75, 3.05) is 24.9 Å². The lowest BCUT2D eigenvalue weighted by Crippen LogP contribution is -2.29. The number of Topliss-reactive ketones (excluding diaryl/α,β-unsaturated/α-hetero) is 1. The highest BCUT2D eigenvalue weighted by atomic mass is 16.7. The molecule has 3 aromatic rings. The number of rotatable bonds is 7. The van der Waals surface area contributed by atoms with E-state index < -0.39 is 17.7 Å². The maximum atomic E-state index is 13.4. The van der Waals surface area contributed by atoms with Crippen LogP contribution in [0.3, 0.4) is 0 Å². The Bertz CT molecular complexity index is 1410. The summed E-state index contributed by atoms with van der Waals surface area (Å²) in [5, 5.41) is 21.6. The largest absolute Gasteiger partial charge is 0.507 e. The molecule has 1 unspecified atom stereocenters. The Hall–Kier alpha value is -4.66. The Labute approximate surface area is 213 Å². The molecule has 2 heterocycles. The maximum Gasteiger partial charge on any atom is 0.300 e. The number of nitrogens with zero attached hydrogens (tertiary/aromatic N) is 1. The number of amides is 1. The van der Waals surface area contributed by atoms with E-state index in [0.717, 1.165) is 0 Å². The highest BCUT2D eigenvalue weighted by Crippen LogP contribution is 2.46. The molecule has 3 aromatic carbocycles. The molecular weight excluding hydrogens is 478 g/mol. The van der Waals surface area contributed by atoms with Crippen molar-refractivity contribution in [2.45, 2.75) is 19.9 Å². The average molecular weight is 504 g/mol. The fraction of sp³-hybridized carbons (Fsp3) is 0.214. The summed E-state index contributed by atoms with van der Waals surface area (Å²) in [6.07, 6.45) is 0. The number of aromatic hydroxyl groups is 1. The van der Waals surface area contributed by atoms with Gasteiger partial charge in [0, 0.05) is 17.3 Å². The van der Waals surface area contributed by atoms with Gasteiger partial charge in [-0.05, 0) is 55.8 Å². The van der Waals surface area contributed by atoms with Crippen LogP contribution in [0.5, 0.6) is 28.7 Å². The highest BCUT2D eigenvalue weighted by molar-refractivity contribution is 6.51. The second-order valence-electron chi connectivity index (χ2n) is 8.33. The first-order chi connectivity index (χ1) is 17.9. The number of phenols is 1. The topological polar surface area (TPSA) is 115 Å². The number of anilines is 1. The van der Waals surface area contributed by atoms with Crippen LogP contribution < -0.4 is 23.8 Å². The quantitative estimate of drug-likeness (QED) is 0.274. The fourth-order valence-corrected chi connectivity index (χ4v) is 4.48. The van der Waals surface area contributed by atoms with Gasteiger partial charge in [-0.15, -0.1) is 0 Å². The molecule has 5 rings (SSSR count). The van der Waals surface area contributed by atoms with Crippen molar-refractivity contribution in [3.8, 4) is 28.7 Å². The van der Waals surface area contributed by atoms with Crippen molar-refractivity contribution in [1.82, 2.24) is 0 Å². The summed E-state index contributed by atoms with van der Waals surface area (Å²) in [6.45, 7) is 4.38. The number of ether oxygens (including phenoxy) is 4. The third-order valence-electron chi connectivity index (χ3n) is 6.10. The average Bonchev–Trinajstić information content (AvgIpc) is 3.47. The molecular formula is C28H25NO8. The monoisotopic (exact) mass is 503 g/mol. The van der Waals surface area contributed by atoms with Crippen molar-refractivity contribution < 1.29 is 38.7 Å². The number of hydrogen-bond donors (Lipinski definition) is 2. The van der Waals surface area contributed by atoms with Gasteiger partial charge >= 0.3 is 0 Å². The predicted octanol–water partition coefficient (Wildman–Crippen LogP) is 4.54. The number of ketones is 1. The van der Waals surface area contributed by atoms with E-state index in [0.29, 0.717) is 47.3 Å². The lowest BCUT2D eigenvalue weighted by Gasteiger charge is -2.26. The Morgan fingerprint density at radius 3 is 2.54 bits per heavy atom. The molecule has 1 saturated heterocycles. The lowest BCUT2D eigenvalue weighted by atomic mass is 9.94. The second kappa shape index (κ2) is 9.77. The van der Waals surface area contributed by atoms with Gasteiger partial charge in [0.2, 0.25) is 6.79 Å². The summed E-state index contributed by atoms with van der Waals surface area (Å²) in [4.78, 5) is 28.2. The number of benzene rings is 3. The molecule has 37 heavy (non-hydrogen) atoms. The first-order valence-electron chi connectivity index (χ1n) is 11.8. The smallest absolute Gasteiger partial charge is 0.300 e. The van der Waals surface area contributed by atoms with E-state index >= 15 is 0 Å². The van der Waals surface area contributed by atoms with Crippen LogP contribution in [-0.4, -0.2) is 41.9 Å². The molecule has 1 amide bonds. The number of aliphatic hydroxyl groups is 1. The van der Waals surface area contributed by atoms with Gasteiger partial charge in [-0.2, -0.15) is 0 Å². The van der Waals surface area contributed by atoms with Crippen molar-refractivity contribution in [2.24, 2.45) is 0 Å². The minimum atomic E-state index is -1.02. The Morgan fingerprint density at radius 1 is 0.973 bits per heavy atom. The second-order valence-corrected chi connectivity index (χ2v) is 8.33. The Balaban J connectivity index is 1.70. The summed E-state index contributed by atoms with van der Waals surface area (Å²) >= 11 is 0. The van der Waals surface area contributed by atoms with Gasteiger partial charge < -0.3 is 29.2 Å². The zero-order valence-electron chi connectivity index (χ0n) is 20.3.